The van der Waals surface area contributed by atoms with Crippen LogP contribution in [0.2, 0.25) is 0 Å². The lowest BCUT2D eigenvalue weighted by Gasteiger charge is -1.97. The van der Waals surface area contributed by atoms with Crippen LogP contribution < -0.4 is 0 Å². The predicted molar refractivity (Wildman–Crippen MR) is 68.6 cm³/mol. The third-order valence-electron chi connectivity index (χ3n) is 2.76. The molecule has 4 heteroatoms. The number of thiophene rings is 1. The fourth-order valence-corrected chi connectivity index (χ4v) is 2.75. The first-order valence-electron chi connectivity index (χ1n) is 5.28. The van der Waals surface area contributed by atoms with Gasteiger partial charge in [-0.15, -0.1) is 11.3 Å². The Morgan fingerprint density at radius 1 is 1.41 bits per heavy atom. The van der Waals surface area contributed by atoms with E-state index in [0.29, 0.717) is 5.56 Å². The third kappa shape index (κ3) is 1.57. The summed E-state index contributed by atoms with van der Waals surface area (Å²) in [7, 11) is 0. The predicted octanol–water partition coefficient (Wildman–Crippen LogP) is 3.16. The van der Waals surface area contributed by atoms with Gasteiger partial charge in [0.05, 0.1) is 10.4 Å². The van der Waals surface area contributed by atoms with E-state index in [0.717, 1.165) is 21.5 Å². The Labute approximate surface area is 102 Å². The molecule has 1 N–H and O–H groups in total. The topological polar surface area (TPSA) is 45.8 Å². The van der Waals surface area contributed by atoms with E-state index in [1.807, 2.05) is 30.5 Å². The van der Waals surface area contributed by atoms with Crippen LogP contribution >= 0.6 is 11.3 Å². The minimum atomic E-state index is 0.0664. The largest absolute Gasteiger partial charge is 0.345 e. The fraction of sp³-hybridized carbons (Fsp3) is 0.0769. The zero-order valence-electron chi connectivity index (χ0n) is 9.23. The Hall–Kier alpha value is -1.94. The van der Waals surface area contributed by atoms with Crippen LogP contribution in [0.5, 0.6) is 0 Å². The molecular weight excluding hydrogens is 232 g/mol. The van der Waals surface area contributed by atoms with Gasteiger partial charge in [0.15, 0.2) is 0 Å². The molecule has 3 aromatic heterocycles. The summed E-state index contributed by atoms with van der Waals surface area (Å²) < 4.78 is 0. The molecular formula is C13H10N2OS. The van der Waals surface area contributed by atoms with Crippen molar-refractivity contribution >= 4 is 28.2 Å². The van der Waals surface area contributed by atoms with Crippen molar-refractivity contribution in [1.82, 2.24) is 9.97 Å². The molecule has 17 heavy (non-hydrogen) atoms. The maximum absolute atomic E-state index is 12.4. The second-order valence-corrected chi connectivity index (χ2v) is 4.78. The molecule has 0 aromatic carbocycles. The monoisotopic (exact) mass is 242 g/mol. The minimum Gasteiger partial charge on any atom is -0.345 e. The van der Waals surface area contributed by atoms with Crippen LogP contribution in [0.4, 0.5) is 0 Å². The first-order valence-corrected chi connectivity index (χ1v) is 6.16. The lowest BCUT2D eigenvalue weighted by Crippen LogP contribution is -1.99. The van der Waals surface area contributed by atoms with Crippen molar-refractivity contribution in [3.63, 3.8) is 0 Å². The summed E-state index contributed by atoms with van der Waals surface area (Å²) in [6.45, 7) is 1.96. The zero-order chi connectivity index (χ0) is 11.8. The molecule has 3 heterocycles. The number of hydrogen-bond acceptors (Lipinski definition) is 3. The van der Waals surface area contributed by atoms with E-state index in [2.05, 4.69) is 9.97 Å². The van der Waals surface area contributed by atoms with Gasteiger partial charge in [0.2, 0.25) is 5.78 Å². The Kier molecular flexibility index (Phi) is 2.30. The number of rotatable bonds is 2. The van der Waals surface area contributed by atoms with Crippen LogP contribution in [0.1, 0.15) is 20.8 Å². The molecule has 3 rings (SSSR count). The number of carbonyl (C=O) groups is 1. The molecule has 0 unspecified atom stereocenters. The maximum Gasteiger partial charge on any atom is 0.205 e. The summed E-state index contributed by atoms with van der Waals surface area (Å²) in [5.74, 6) is 0.0664. The summed E-state index contributed by atoms with van der Waals surface area (Å²) in [4.78, 5) is 20.4. The van der Waals surface area contributed by atoms with Crippen LogP contribution in [0.25, 0.3) is 11.0 Å². The molecule has 3 nitrogen and oxygen atoms in total. The Bertz CT molecular complexity index is 696. The van der Waals surface area contributed by atoms with Gasteiger partial charge in [0.1, 0.15) is 5.65 Å². The standard InChI is InChI=1S/C13H10N2OS/c1-8-4-6-17-12(8)11(16)10-7-15-13-9(10)3-2-5-14-13/h2-7H,1H3,(H,14,15). The molecule has 0 radical (unpaired) electrons. The highest BCUT2D eigenvalue weighted by Crippen LogP contribution is 2.24. The van der Waals surface area contributed by atoms with E-state index in [1.165, 1.54) is 11.3 Å². The number of aryl methyl sites for hydroxylation is 1. The first-order chi connectivity index (χ1) is 8.27. The maximum atomic E-state index is 12.4. The van der Waals surface area contributed by atoms with Crippen LogP contribution in [0.15, 0.2) is 36.0 Å². The minimum absolute atomic E-state index is 0.0664. The van der Waals surface area contributed by atoms with Gasteiger partial charge in [0.25, 0.3) is 0 Å². The van der Waals surface area contributed by atoms with E-state index in [1.54, 1.807) is 12.4 Å². The van der Waals surface area contributed by atoms with Crippen LogP contribution in [0, 0.1) is 6.92 Å². The molecule has 0 spiro atoms. The van der Waals surface area contributed by atoms with E-state index >= 15 is 0 Å². The summed E-state index contributed by atoms with van der Waals surface area (Å²) in [5, 5.41) is 2.82. The number of fused-ring (bicyclic) bond motifs is 1. The van der Waals surface area contributed by atoms with Gasteiger partial charge < -0.3 is 4.98 Å². The highest BCUT2D eigenvalue weighted by Gasteiger charge is 2.17. The highest BCUT2D eigenvalue weighted by molar-refractivity contribution is 7.12. The Morgan fingerprint density at radius 2 is 2.29 bits per heavy atom. The highest BCUT2D eigenvalue weighted by atomic mass is 32.1. The third-order valence-corrected chi connectivity index (χ3v) is 3.78. The van der Waals surface area contributed by atoms with Crippen molar-refractivity contribution in [2.24, 2.45) is 0 Å². The van der Waals surface area contributed by atoms with Gasteiger partial charge in [-0.25, -0.2) is 4.98 Å². The SMILES string of the molecule is Cc1ccsc1C(=O)c1c[nH]c2ncccc12. The van der Waals surface area contributed by atoms with Crippen molar-refractivity contribution < 1.29 is 4.79 Å². The van der Waals surface area contributed by atoms with Gasteiger partial charge in [-0.05, 0) is 36.1 Å². The van der Waals surface area contributed by atoms with Gasteiger partial charge >= 0.3 is 0 Å². The van der Waals surface area contributed by atoms with Crippen molar-refractivity contribution in [2.75, 3.05) is 0 Å². The van der Waals surface area contributed by atoms with E-state index < -0.39 is 0 Å². The van der Waals surface area contributed by atoms with Gasteiger partial charge in [-0.1, -0.05) is 0 Å². The van der Waals surface area contributed by atoms with E-state index in [4.69, 9.17) is 0 Å². The van der Waals surface area contributed by atoms with E-state index in [-0.39, 0.29) is 5.78 Å². The molecule has 0 atom stereocenters. The second-order valence-electron chi connectivity index (χ2n) is 3.86. The lowest BCUT2D eigenvalue weighted by atomic mass is 10.1. The van der Waals surface area contributed by atoms with Crippen LogP contribution in [0.3, 0.4) is 0 Å². The molecule has 3 aromatic rings. The summed E-state index contributed by atoms with van der Waals surface area (Å²) >= 11 is 1.48. The average Bonchev–Trinajstić information content (AvgIpc) is 2.94. The number of hydrogen-bond donors (Lipinski definition) is 1. The van der Waals surface area contributed by atoms with Gasteiger partial charge in [-0.2, -0.15) is 0 Å². The normalized spacial score (nSPS) is 10.9. The molecule has 0 aliphatic rings. The molecule has 0 aliphatic heterocycles. The number of H-pyrrole nitrogens is 1. The number of aromatic nitrogens is 2. The Balaban J connectivity index is 2.17. The molecule has 0 fully saturated rings. The fourth-order valence-electron chi connectivity index (χ4n) is 1.87. The van der Waals surface area contributed by atoms with Crippen LogP contribution in [-0.2, 0) is 0 Å². The van der Waals surface area contributed by atoms with Crippen molar-refractivity contribution in [1.29, 1.82) is 0 Å². The summed E-state index contributed by atoms with van der Waals surface area (Å²) in [6.07, 6.45) is 3.45. The van der Waals surface area contributed by atoms with Gasteiger partial charge in [-0.3, -0.25) is 4.79 Å². The van der Waals surface area contributed by atoms with Crippen molar-refractivity contribution in [2.45, 2.75) is 6.92 Å². The number of nitrogens with one attached hydrogen (secondary N) is 1. The molecule has 0 aliphatic carbocycles. The van der Waals surface area contributed by atoms with E-state index in [9.17, 15) is 4.79 Å². The lowest BCUT2D eigenvalue weighted by molar-refractivity contribution is 0.104. The second kappa shape index (κ2) is 3.82. The quantitative estimate of drug-likeness (QED) is 0.701. The zero-order valence-corrected chi connectivity index (χ0v) is 10.0. The first kappa shape index (κ1) is 10.2. The molecule has 0 saturated heterocycles. The number of aromatic amines is 1. The van der Waals surface area contributed by atoms with Crippen molar-refractivity contribution in [3.8, 4) is 0 Å². The summed E-state index contributed by atoms with van der Waals surface area (Å²) in [6, 6.07) is 5.72. The molecule has 0 amide bonds. The average molecular weight is 242 g/mol. The van der Waals surface area contributed by atoms with Gasteiger partial charge in [0, 0.05) is 17.8 Å². The number of pyridine rings is 1. The molecule has 84 valence electrons. The van der Waals surface area contributed by atoms with Crippen molar-refractivity contribution in [3.05, 3.63) is 52.0 Å². The van der Waals surface area contributed by atoms with Crippen LogP contribution in [-0.4, -0.2) is 15.8 Å². The molecule has 0 saturated carbocycles. The smallest absolute Gasteiger partial charge is 0.205 e. The number of nitrogens with zero attached hydrogens (tertiary/aromatic N) is 1. The number of ketones is 1. The Morgan fingerprint density at radius 3 is 3.06 bits per heavy atom. The summed E-state index contributed by atoms with van der Waals surface area (Å²) in [5.41, 5.74) is 2.47. The number of carbonyl (C=O) groups excluding carboxylic acids is 1. The molecule has 0 bridgehead atoms.